The molecule has 23 heteroatoms. The molecule has 5 fully saturated rings. The van der Waals surface area contributed by atoms with Crippen molar-refractivity contribution in [2.24, 2.45) is 11.3 Å². The summed E-state index contributed by atoms with van der Waals surface area (Å²) in [7, 11) is -4.68. The van der Waals surface area contributed by atoms with Gasteiger partial charge in [-0.25, -0.2) is 13.1 Å². The molecule has 1 amide bonds. The van der Waals surface area contributed by atoms with Crippen molar-refractivity contribution < 1.29 is 50.6 Å². The molecular formula is C60H69F3N10O9S. The fourth-order valence-corrected chi connectivity index (χ4v) is 14.5. The first-order chi connectivity index (χ1) is 39.7. The number of nitrogens with one attached hydrogen (secondary N) is 3. The molecule has 440 valence electrons. The number of rotatable bonds is 14. The van der Waals surface area contributed by atoms with Crippen molar-refractivity contribution in [2.75, 3.05) is 72.5 Å². The number of carbonyl (C=O) groups excluding carboxylic acids is 1. The molecule has 4 N–H and O–H groups in total. The van der Waals surface area contributed by atoms with Gasteiger partial charge in [-0.1, -0.05) is 18.2 Å². The Morgan fingerprint density at radius 2 is 1.71 bits per heavy atom. The van der Waals surface area contributed by atoms with Gasteiger partial charge in [-0.3, -0.25) is 24.8 Å². The van der Waals surface area contributed by atoms with Crippen LogP contribution in [0.25, 0.3) is 11.0 Å². The summed E-state index contributed by atoms with van der Waals surface area (Å²) in [5.41, 5.74) is 2.06. The molecule has 6 aliphatic rings. The van der Waals surface area contributed by atoms with Gasteiger partial charge < -0.3 is 44.3 Å². The number of nitro groups is 1. The highest BCUT2D eigenvalue weighted by atomic mass is 32.2. The summed E-state index contributed by atoms with van der Waals surface area (Å²) in [5.74, 6) is 0.310. The number of ether oxygens (including phenoxy) is 3. The maximum atomic E-state index is 14.8. The number of nitrogens with zero attached hydrogens (tertiary/aromatic N) is 7. The number of aromatic amines is 1. The summed E-state index contributed by atoms with van der Waals surface area (Å²) < 4.78 is 91.2. The largest absolute Gasteiger partial charge is 0.491 e. The number of hydrogen-bond donors (Lipinski definition) is 4. The predicted molar refractivity (Wildman–Crippen MR) is 307 cm³/mol. The number of sulfonamides is 1. The van der Waals surface area contributed by atoms with E-state index in [1.54, 1.807) is 25.3 Å². The average Bonchev–Trinajstić information content (AvgIpc) is 3.07. The minimum Gasteiger partial charge on any atom is -0.491 e. The van der Waals surface area contributed by atoms with E-state index in [1.807, 2.05) is 66.1 Å². The molecule has 2 saturated carbocycles. The summed E-state index contributed by atoms with van der Waals surface area (Å²) in [6.07, 6.45) is 4.73. The highest BCUT2D eigenvalue weighted by Crippen LogP contribution is 2.54. The number of alkyl halides is 3. The monoisotopic (exact) mass is 1160 g/mol. The molecule has 4 aliphatic heterocycles. The zero-order valence-electron chi connectivity index (χ0n) is 46.6. The van der Waals surface area contributed by atoms with Crippen molar-refractivity contribution in [1.29, 1.82) is 0 Å². The fraction of sp³-hybridized carbons (Fsp3) is 0.483. The van der Waals surface area contributed by atoms with Crippen LogP contribution in [0.1, 0.15) is 106 Å². The first-order valence-corrected chi connectivity index (χ1v) is 30.2. The van der Waals surface area contributed by atoms with Gasteiger partial charge in [-0.2, -0.15) is 18.2 Å². The van der Waals surface area contributed by atoms with Crippen LogP contribution < -0.4 is 34.2 Å². The number of piperidine rings is 1. The SMILES string of the molecule is CC(C)Oc1ccccc1[C@H]1CN(c2ccnc(C(F)(F)F)c2)CCN1C1CC2(CCN(c3ccc(C(=O)NS(=O)(=O)c4ccc(NC[C@H]5CC[C@](C)(O)CC5)c([N+](=O)[O-])c4)c(N4c5cc6cc[nH]c6nc5O[C@H]5COCC[C@@H]54)c3)CC2)C1. The van der Waals surface area contributed by atoms with Gasteiger partial charge in [0.15, 0.2) is 0 Å². The second-order valence-corrected chi connectivity index (χ2v) is 25.6. The number of pyridine rings is 2. The normalized spacial score (nSPS) is 24.0. The highest BCUT2D eigenvalue weighted by Gasteiger charge is 2.51. The van der Waals surface area contributed by atoms with Gasteiger partial charge in [0.2, 0.25) is 5.88 Å². The number of fused-ring (bicyclic) bond motifs is 3. The molecule has 7 heterocycles. The number of amides is 1. The first kappa shape index (κ1) is 56.3. The topological polar surface area (TPSA) is 221 Å². The van der Waals surface area contributed by atoms with Crippen LogP contribution >= 0.6 is 0 Å². The number of anilines is 5. The number of aromatic nitrogens is 3. The predicted octanol–water partition coefficient (Wildman–Crippen LogP) is 10.1. The molecule has 0 radical (unpaired) electrons. The molecule has 0 unspecified atom stereocenters. The van der Waals surface area contributed by atoms with Gasteiger partial charge in [-0.05, 0) is 151 Å². The third-order valence-electron chi connectivity index (χ3n) is 18.0. The zero-order valence-corrected chi connectivity index (χ0v) is 47.4. The molecule has 3 aromatic heterocycles. The van der Waals surface area contributed by atoms with Crippen molar-refractivity contribution in [2.45, 2.75) is 126 Å². The van der Waals surface area contributed by atoms with E-state index in [-0.39, 0.29) is 53.4 Å². The second-order valence-electron chi connectivity index (χ2n) is 23.9. The Morgan fingerprint density at radius 3 is 2.47 bits per heavy atom. The van der Waals surface area contributed by atoms with Crippen LogP contribution in [0, 0.1) is 21.4 Å². The number of para-hydroxylation sites is 1. The third kappa shape index (κ3) is 11.5. The summed E-state index contributed by atoms with van der Waals surface area (Å²) in [6.45, 7) is 9.89. The summed E-state index contributed by atoms with van der Waals surface area (Å²) in [6, 6.07) is 23.3. The van der Waals surface area contributed by atoms with Gasteiger partial charge in [0.1, 0.15) is 34.6 Å². The lowest BCUT2D eigenvalue weighted by atomic mass is 9.59. The summed E-state index contributed by atoms with van der Waals surface area (Å²) >= 11 is 0. The van der Waals surface area contributed by atoms with E-state index in [9.17, 15) is 41.6 Å². The maximum Gasteiger partial charge on any atom is 0.433 e. The number of piperazine rings is 1. The minimum atomic E-state index is -4.68. The number of nitro benzene ring substituents is 1. The number of benzene rings is 3. The molecule has 2 aliphatic carbocycles. The van der Waals surface area contributed by atoms with E-state index < -0.39 is 55.0 Å². The molecule has 0 bridgehead atoms. The van der Waals surface area contributed by atoms with Crippen LogP contribution in [-0.2, 0) is 20.9 Å². The van der Waals surface area contributed by atoms with E-state index in [0.717, 1.165) is 73.0 Å². The van der Waals surface area contributed by atoms with Gasteiger partial charge in [0, 0.05) is 92.7 Å². The number of aliphatic hydroxyl groups is 1. The zero-order chi connectivity index (χ0) is 58.0. The Kier molecular flexibility index (Phi) is 15.0. The average molecular weight is 1160 g/mol. The van der Waals surface area contributed by atoms with Crippen molar-refractivity contribution in [1.82, 2.24) is 24.6 Å². The van der Waals surface area contributed by atoms with Gasteiger partial charge in [0.25, 0.3) is 21.6 Å². The Hall–Kier alpha value is -7.21. The van der Waals surface area contributed by atoms with E-state index in [1.165, 1.54) is 18.3 Å². The third-order valence-corrected chi connectivity index (χ3v) is 19.3. The van der Waals surface area contributed by atoms with Gasteiger partial charge in [-0.15, -0.1) is 0 Å². The van der Waals surface area contributed by atoms with E-state index in [4.69, 9.17) is 19.2 Å². The van der Waals surface area contributed by atoms with Gasteiger partial charge >= 0.3 is 6.18 Å². The lowest BCUT2D eigenvalue weighted by Gasteiger charge is -2.58. The van der Waals surface area contributed by atoms with Crippen LogP contribution in [0.5, 0.6) is 11.6 Å². The summed E-state index contributed by atoms with van der Waals surface area (Å²) in [4.78, 5) is 46.6. The van der Waals surface area contributed by atoms with E-state index in [0.29, 0.717) is 93.7 Å². The van der Waals surface area contributed by atoms with Crippen LogP contribution in [0.2, 0.25) is 0 Å². The quantitative estimate of drug-likeness (QED) is 0.0589. The molecular weight excluding hydrogens is 1090 g/mol. The Balaban J connectivity index is 0.806. The first-order valence-electron chi connectivity index (χ1n) is 28.7. The van der Waals surface area contributed by atoms with E-state index in [2.05, 4.69) is 35.9 Å². The van der Waals surface area contributed by atoms with Crippen LogP contribution in [-0.4, -0.2) is 127 Å². The molecule has 3 aromatic carbocycles. The molecule has 19 nitrogen and oxygen atoms in total. The van der Waals surface area contributed by atoms with E-state index >= 15 is 0 Å². The molecule has 3 atom stereocenters. The van der Waals surface area contributed by atoms with Crippen molar-refractivity contribution >= 4 is 61.1 Å². The Bertz CT molecular complexity index is 3520. The lowest BCUT2D eigenvalue weighted by molar-refractivity contribution is -0.384. The summed E-state index contributed by atoms with van der Waals surface area (Å²) in [5, 5.41) is 26.8. The number of carbonyl (C=O) groups is 1. The maximum absolute atomic E-state index is 14.8. The standard InChI is InChI=1S/C60H69F3N10O9S/c1-37(2)81-52-7-5-4-6-44(52)51-35-70(41-15-22-64-54(30-41)60(61,62)63)25-26-71(51)42-32-59(33-42)19-23-69(24-20-59)40-8-10-45(48(29-40)72-47-16-27-80-36-53(47)82-57-50(72)28-39-14-21-65-55(39)67-57)56(74)68-83(78,79)43-9-11-46(49(31-43)73(76)77)66-34-38-12-17-58(3,75)18-13-38/h4-11,14-15,21-22,28-31,37-38,42,47,51,53,66,75H,12-13,16-20,23-27,32-36H2,1-3H3,(H,65,67)(H,68,74)/t38-,47-,51+,53-,58-/m0/s1. The number of halogens is 3. The fourth-order valence-electron chi connectivity index (χ4n) is 13.5. The van der Waals surface area contributed by atoms with Crippen molar-refractivity contribution in [3.05, 3.63) is 124 Å². The number of H-pyrrole nitrogens is 1. The number of hydrogen-bond acceptors (Lipinski definition) is 16. The van der Waals surface area contributed by atoms with Crippen LogP contribution in [0.4, 0.5) is 47.3 Å². The van der Waals surface area contributed by atoms with Crippen molar-refractivity contribution in [3.63, 3.8) is 0 Å². The van der Waals surface area contributed by atoms with Gasteiger partial charge in [0.05, 0.1) is 51.5 Å². The highest BCUT2D eigenvalue weighted by molar-refractivity contribution is 7.90. The minimum absolute atomic E-state index is 0.0500. The van der Waals surface area contributed by atoms with Crippen LogP contribution in [0.15, 0.2) is 102 Å². The lowest BCUT2D eigenvalue weighted by Crippen LogP contribution is -2.60. The molecule has 6 aromatic rings. The molecule has 12 rings (SSSR count). The van der Waals surface area contributed by atoms with Crippen molar-refractivity contribution in [3.8, 4) is 11.6 Å². The molecule has 83 heavy (non-hydrogen) atoms. The van der Waals surface area contributed by atoms with Crippen LogP contribution in [0.3, 0.4) is 0 Å². The molecule has 3 saturated heterocycles. The smallest absolute Gasteiger partial charge is 0.433 e. The Morgan fingerprint density at radius 1 is 0.940 bits per heavy atom. The Labute approximate surface area is 479 Å². The second kappa shape index (κ2) is 22.1. The molecule has 1 spiro atoms.